The zero-order valence-electron chi connectivity index (χ0n) is 14.3. The van der Waals surface area contributed by atoms with Crippen molar-refractivity contribution in [2.45, 2.75) is 24.9 Å². The fraction of sp³-hybridized carbons (Fsp3) is 0.200. The second-order valence-corrected chi connectivity index (χ2v) is 6.99. The molecule has 0 aliphatic heterocycles. The van der Waals surface area contributed by atoms with Gasteiger partial charge in [-0.2, -0.15) is 0 Å². The molecule has 2 heterocycles. The molecule has 6 nitrogen and oxygen atoms in total. The Labute approximate surface area is 152 Å². The van der Waals surface area contributed by atoms with Crippen molar-refractivity contribution >= 4 is 10.9 Å². The van der Waals surface area contributed by atoms with Crippen LogP contribution in [0.2, 0.25) is 0 Å². The summed E-state index contributed by atoms with van der Waals surface area (Å²) in [6, 6.07) is 10.5. The molecule has 4 aromatic rings. The van der Waals surface area contributed by atoms with Crippen molar-refractivity contribution in [1.29, 1.82) is 0 Å². The molecule has 27 heavy (non-hydrogen) atoms. The van der Waals surface area contributed by atoms with E-state index in [1.54, 1.807) is 12.3 Å². The molecule has 1 aliphatic rings. The lowest BCUT2D eigenvalue weighted by Crippen LogP contribution is -2.33. The summed E-state index contributed by atoms with van der Waals surface area (Å²) in [7, 11) is 0. The molecule has 3 N–H and O–H groups in total. The van der Waals surface area contributed by atoms with Crippen LogP contribution in [0.3, 0.4) is 0 Å². The van der Waals surface area contributed by atoms with Crippen LogP contribution in [0.4, 0.5) is 4.39 Å². The third kappa shape index (κ3) is 2.50. The van der Waals surface area contributed by atoms with Gasteiger partial charge < -0.3 is 10.1 Å². The summed E-state index contributed by atoms with van der Waals surface area (Å²) in [5.74, 6) is -0.725. The monoisotopic (exact) mass is 365 g/mol. The first kappa shape index (κ1) is 16.0. The summed E-state index contributed by atoms with van der Waals surface area (Å²) in [5, 5.41) is 14.9. The van der Waals surface area contributed by atoms with E-state index in [9.17, 15) is 14.3 Å². The zero-order chi connectivity index (χ0) is 18.6. The molecular formula is C20H16FN3O3. The lowest BCUT2D eigenvalue weighted by atomic mass is 9.75. The quantitative estimate of drug-likeness (QED) is 0.516. The van der Waals surface area contributed by atoms with Crippen molar-refractivity contribution < 1.29 is 14.0 Å². The molecule has 1 fully saturated rings. The van der Waals surface area contributed by atoms with Crippen molar-refractivity contribution in [3.63, 3.8) is 0 Å². The molecule has 0 spiro atoms. The van der Waals surface area contributed by atoms with Crippen molar-refractivity contribution in [1.82, 2.24) is 15.1 Å². The summed E-state index contributed by atoms with van der Waals surface area (Å²) in [6.45, 7) is 0. The number of aromatic nitrogens is 3. The number of benzene rings is 2. The van der Waals surface area contributed by atoms with E-state index >= 15 is 0 Å². The van der Waals surface area contributed by atoms with Gasteiger partial charge in [-0.15, -0.1) is 0 Å². The third-order valence-corrected chi connectivity index (χ3v) is 5.38. The van der Waals surface area contributed by atoms with E-state index in [2.05, 4.69) is 19.6 Å². The highest BCUT2D eigenvalue weighted by Gasteiger charge is 2.35. The highest BCUT2D eigenvalue weighted by molar-refractivity contribution is 5.96. The van der Waals surface area contributed by atoms with Crippen LogP contribution in [-0.2, 0) is 5.60 Å². The molecule has 0 atom stereocenters. The predicted molar refractivity (Wildman–Crippen MR) is 97.6 cm³/mol. The van der Waals surface area contributed by atoms with Crippen LogP contribution in [-0.4, -0.2) is 20.2 Å². The molecule has 2 aromatic carbocycles. The van der Waals surface area contributed by atoms with Gasteiger partial charge in [0.15, 0.2) is 5.82 Å². The third-order valence-electron chi connectivity index (χ3n) is 5.38. The predicted octanol–water partition coefficient (Wildman–Crippen LogP) is 3.69. The minimum atomic E-state index is -0.742. The number of halogens is 1. The maximum absolute atomic E-state index is 14.7. The standard InChI is InChI=1S/C20H16FN3O3/c21-16-9-17-14(15(10-22-17)18-23-19(25)27-24-18)8-13(16)11-2-4-12(5-3-11)20(26)6-1-7-20/h2-5,8-10,22,26H,1,6-7H2,(H,23,24,25). The van der Waals surface area contributed by atoms with Crippen LogP contribution in [0.15, 0.2) is 51.9 Å². The zero-order valence-corrected chi connectivity index (χ0v) is 14.3. The first-order valence-electron chi connectivity index (χ1n) is 8.74. The van der Waals surface area contributed by atoms with E-state index < -0.39 is 11.4 Å². The van der Waals surface area contributed by atoms with E-state index in [4.69, 9.17) is 0 Å². The summed E-state index contributed by atoms with van der Waals surface area (Å²) in [6.07, 6.45) is 4.19. The normalized spacial score (nSPS) is 15.8. The van der Waals surface area contributed by atoms with E-state index in [1.807, 2.05) is 24.3 Å². The second kappa shape index (κ2) is 5.65. The maximum atomic E-state index is 14.7. The van der Waals surface area contributed by atoms with Crippen LogP contribution in [0.1, 0.15) is 24.8 Å². The van der Waals surface area contributed by atoms with Crippen molar-refractivity contribution in [2.75, 3.05) is 0 Å². The SMILES string of the molecule is O=c1[nH]c(-c2c[nH]c3cc(F)c(-c4ccc(C5(O)CCC5)cc4)cc23)no1. The van der Waals surface area contributed by atoms with Crippen LogP contribution >= 0.6 is 0 Å². The van der Waals surface area contributed by atoms with Crippen LogP contribution in [0, 0.1) is 5.82 Å². The van der Waals surface area contributed by atoms with E-state index in [-0.39, 0.29) is 11.6 Å². The number of hydrogen-bond acceptors (Lipinski definition) is 4. The number of hydrogen-bond donors (Lipinski definition) is 3. The molecule has 0 amide bonds. The van der Waals surface area contributed by atoms with Gasteiger partial charge in [0.25, 0.3) is 0 Å². The van der Waals surface area contributed by atoms with Gasteiger partial charge in [-0.25, -0.2) is 9.18 Å². The molecule has 136 valence electrons. The maximum Gasteiger partial charge on any atom is 0.439 e. The molecule has 0 saturated heterocycles. The highest BCUT2D eigenvalue weighted by atomic mass is 19.1. The summed E-state index contributed by atoms with van der Waals surface area (Å²) >= 11 is 0. The molecule has 0 radical (unpaired) electrons. The van der Waals surface area contributed by atoms with Gasteiger partial charge in [-0.1, -0.05) is 29.4 Å². The first-order valence-corrected chi connectivity index (χ1v) is 8.74. The number of rotatable bonds is 3. The largest absolute Gasteiger partial charge is 0.439 e. The van der Waals surface area contributed by atoms with E-state index in [1.165, 1.54) is 6.07 Å². The minimum absolute atomic E-state index is 0.284. The van der Waals surface area contributed by atoms with Crippen LogP contribution < -0.4 is 5.76 Å². The smallest absolute Gasteiger partial charge is 0.385 e. The van der Waals surface area contributed by atoms with Gasteiger partial charge in [0.2, 0.25) is 0 Å². The topological polar surface area (TPSA) is 94.9 Å². The Hall–Kier alpha value is -3.19. The summed E-state index contributed by atoms with van der Waals surface area (Å²) in [4.78, 5) is 16.7. The van der Waals surface area contributed by atoms with Gasteiger partial charge >= 0.3 is 5.76 Å². The molecule has 7 heteroatoms. The second-order valence-electron chi connectivity index (χ2n) is 6.99. The number of H-pyrrole nitrogens is 2. The first-order chi connectivity index (χ1) is 13.0. The van der Waals surface area contributed by atoms with Gasteiger partial charge in [0, 0.05) is 28.2 Å². The summed E-state index contributed by atoms with van der Waals surface area (Å²) in [5.41, 5.74) is 2.48. The lowest BCUT2D eigenvalue weighted by molar-refractivity contribution is -0.0387. The van der Waals surface area contributed by atoms with Gasteiger partial charge in [-0.05, 0) is 42.5 Å². The van der Waals surface area contributed by atoms with Crippen LogP contribution in [0.25, 0.3) is 33.4 Å². The van der Waals surface area contributed by atoms with Crippen molar-refractivity contribution in [3.05, 3.63) is 64.5 Å². The Morgan fingerprint density at radius 3 is 2.56 bits per heavy atom. The number of aliphatic hydroxyl groups is 1. The fourth-order valence-electron chi connectivity index (χ4n) is 3.67. The average Bonchev–Trinajstić information content (AvgIpc) is 3.24. The molecule has 1 aliphatic carbocycles. The minimum Gasteiger partial charge on any atom is -0.385 e. The van der Waals surface area contributed by atoms with Crippen LogP contribution in [0.5, 0.6) is 0 Å². The molecule has 0 bridgehead atoms. The van der Waals surface area contributed by atoms with Gasteiger partial charge in [0.05, 0.1) is 5.60 Å². The molecule has 0 unspecified atom stereocenters. The molecule has 1 saturated carbocycles. The Kier molecular flexibility index (Phi) is 3.35. The number of nitrogens with zero attached hydrogens (tertiary/aromatic N) is 1. The lowest BCUT2D eigenvalue weighted by Gasteiger charge is -2.37. The number of aromatic amines is 2. The van der Waals surface area contributed by atoms with Gasteiger partial charge in [-0.3, -0.25) is 9.51 Å². The number of nitrogens with one attached hydrogen (secondary N) is 2. The Bertz CT molecular complexity index is 1200. The van der Waals surface area contributed by atoms with Crippen molar-refractivity contribution in [3.8, 4) is 22.5 Å². The molecule has 2 aromatic heterocycles. The number of fused-ring (bicyclic) bond motifs is 1. The van der Waals surface area contributed by atoms with E-state index in [0.29, 0.717) is 22.2 Å². The molecular weight excluding hydrogens is 349 g/mol. The fourth-order valence-corrected chi connectivity index (χ4v) is 3.67. The van der Waals surface area contributed by atoms with Gasteiger partial charge in [0.1, 0.15) is 5.82 Å². The Morgan fingerprint density at radius 2 is 1.93 bits per heavy atom. The summed E-state index contributed by atoms with van der Waals surface area (Å²) < 4.78 is 19.2. The Balaban J connectivity index is 1.60. The Morgan fingerprint density at radius 1 is 1.15 bits per heavy atom. The highest BCUT2D eigenvalue weighted by Crippen LogP contribution is 2.41. The average molecular weight is 365 g/mol. The van der Waals surface area contributed by atoms with E-state index in [0.717, 1.165) is 30.2 Å². The van der Waals surface area contributed by atoms with Crippen molar-refractivity contribution in [2.24, 2.45) is 0 Å². The molecule has 5 rings (SSSR count).